The van der Waals surface area contributed by atoms with E-state index in [9.17, 15) is 34.2 Å². The van der Waals surface area contributed by atoms with Gasteiger partial charge in [-0.2, -0.15) is 0 Å². The molecule has 2 aromatic carbocycles. The maximum Gasteiger partial charge on any atom is 0.326 e. The van der Waals surface area contributed by atoms with Gasteiger partial charge in [0.1, 0.15) is 18.1 Å². The summed E-state index contributed by atoms with van der Waals surface area (Å²) in [6, 6.07) is 10.5. The normalized spacial score (nSPS) is 13.8. The zero-order valence-electron chi connectivity index (χ0n) is 23.5. The number of nitrogens with two attached hydrogens (primary N) is 1. The first-order valence-electron chi connectivity index (χ1n) is 13.8. The van der Waals surface area contributed by atoms with Gasteiger partial charge in [0, 0.05) is 48.3 Å². The Hall–Kier alpha value is -5.50. The van der Waals surface area contributed by atoms with Gasteiger partial charge >= 0.3 is 11.9 Å². The van der Waals surface area contributed by atoms with Crippen LogP contribution in [-0.2, 0) is 43.2 Å². The molecule has 44 heavy (non-hydrogen) atoms. The van der Waals surface area contributed by atoms with E-state index in [1.165, 1.54) is 12.5 Å². The highest BCUT2D eigenvalue weighted by molar-refractivity contribution is 5.96. The number of aromatic nitrogens is 3. The highest BCUT2D eigenvalue weighted by atomic mass is 16.4. The van der Waals surface area contributed by atoms with Crippen LogP contribution < -0.4 is 21.7 Å². The lowest BCUT2D eigenvalue weighted by Crippen LogP contribution is -2.58. The number of carboxylic acid groups (broad SMARTS) is 2. The molecule has 2 aromatic heterocycles. The maximum absolute atomic E-state index is 13.6. The number of carbonyl (C=O) groups excluding carboxylic acids is 3. The molecular weight excluding hydrogens is 570 g/mol. The zero-order chi connectivity index (χ0) is 31.6. The fourth-order valence-electron chi connectivity index (χ4n) is 4.71. The van der Waals surface area contributed by atoms with Crippen LogP contribution in [0.1, 0.15) is 23.2 Å². The van der Waals surface area contributed by atoms with Crippen LogP contribution in [0.3, 0.4) is 0 Å². The third kappa shape index (κ3) is 8.51. The number of rotatable bonds is 15. The molecule has 3 amide bonds. The second-order valence-electron chi connectivity index (χ2n) is 10.3. The first kappa shape index (κ1) is 31.4. The fraction of sp³-hybridized carbons (Fsp3) is 0.267. The Morgan fingerprint density at radius 3 is 2.11 bits per heavy atom. The molecule has 4 unspecified atom stereocenters. The lowest BCUT2D eigenvalue weighted by Gasteiger charge is -2.24. The summed E-state index contributed by atoms with van der Waals surface area (Å²) in [4.78, 5) is 73.3. The van der Waals surface area contributed by atoms with Crippen molar-refractivity contribution >= 4 is 40.6 Å². The van der Waals surface area contributed by atoms with Crippen LogP contribution in [0, 0.1) is 0 Å². The van der Waals surface area contributed by atoms with E-state index < -0.39 is 60.2 Å². The number of hydrogen-bond donors (Lipinski definition) is 8. The molecule has 0 aliphatic heterocycles. The number of para-hydroxylation sites is 1. The summed E-state index contributed by atoms with van der Waals surface area (Å²) >= 11 is 0. The second-order valence-corrected chi connectivity index (χ2v) is 10.3. The molecule has 0 bridgehead atoms. The standard InChI is InChI=1S/C30H33N7O7/c31-21(12-19-15-32-16-34-19)27(40)35-23(11-18-14-33-22-9-5-4-8-20(18)22)28(41)36-24(13-26(38)39)29(42)37-25(30(43)44)10-17-6-2-1-3-7-17/h1-9,14-16,21,23-25,33H,10-13,31H2,(H,32,34)(H,35,40)(H,36,41)(H,37,42)(H,38,39)(H,43,44). The first-order valence-corrected chi connectivity index (χ1v) is 13.8. The fourth-order valence-corrected chi connectivity index (χ4v) is 4.71. The summed E-state index contributed by atoms with van der Waals surface area (Å²) in [5.74, 6) is -5.25. The number of fused-ring (bicyclic) bond motifs is 1. The molecule has 0 saturated heterocycles. The summed E-state index contributed by atoms with van der Waals surface area (Å²) in [6.45, 7) is 0. The Balaban J connectivity index is 1.53. The predicted octanol–water partition coefficient (Wildman–Crippen LogP) is 0.260. The average molecular weight is 604 g/mol. The van der Waals surface area contributed by atoms with E-state index >= 15 is 0 Å². The number of H-pyrrole nitrogens is 2. The average Bonchev–Trinajstić information content (AvgIpc) is 3.66. The largest absolute Gasteiger partial charge is 0.481 e. The minimum atomic E-state index is -1.64. The molecule has 0 radical (unpaired) electrons. The summed E-state index contributed by atoms with van der Waals surface area (Å²) in [5.41, 5.74) is 8.80. The molecule has 0 aliphatic carbocycles. The molecule has 0 aliphatic rings. The molecule has 0 fully saturated rings. The Bertz CT molecular complexity index is 1600. The molecule has 4 aromatic rings. The van der Waals surface area contributed by atoms with E-state index in [0.29, 0.717) is 16.8 Å². The smallest absolute Gasteiger partial charge is 0.326 e. The summed E-state index contributed by atoms with van der Waals surface area (Å²) in [6.07, 6.45) is 3.83. The second kappa shape index (κ2) is 14.6. The van der Waals surface area contributed by atoms with Crippen molar-refractivity contribution in [3.63, 3.8) is 0 Å². The number of nitrogens with one attached hydrogen (secondary N) is 5. The number of benzene rings is 2. The number of aliphatic carboxylic acids is 2. The number of aromatic amines is 2. The van der Waals surface area contributed by atoms with Crippen LogP contribution in [0.25, 0.3) is 10.9 Å². The molecular formula is C30H33N7O7. The number of amides is 3. The minimum Gasteiger partial charge on any atom is -0.481 e. The van der Waals surface area contributed by atoms with Crippen molar-refractivity contribution in [3.05, 3.63) is 90.1 Å². The van der Waals surface area contributed by atoms with Crippen molar-refractivity contribution in [1.29, 1.82) is 0 Å². The Morgan fingerprint density at radius 1 is 0.773 bits per heavy atom. The first-order chi connectivity index (χ1) is 21.1. The maximum atomic E-state index is 13.6. The van der Waals surface area contributed by atoms with Crippen molar-refractivity contribution in [3.8, 4) is 0 Å². The van der Waals surface area contributed by atoms with E-state index in [1.807, 2.05) is 24.3 Å². The quantitative estimate of drug-likeness (QED) is 0.0929. The number of carbonyl (C=O) groups is 5. The SMILES string of the molecule is NC(Cc1cnc[nH]1)C(=O)NC(Cc1c[nH]c2ccccc12)C(=O)NC(CC(=O)O)C(=O)NC(Cc1ccccc1)C(=O)O. The Labute approximate surface area is 251 Å². The number of carboxylic acids is 2. The van der Waals surface area contributed by atoms with Crippen LogP contribution in [-0.4, -0.2) is 79.0 Å². The van der Waals surface area contributed by atoms with Crippen LogP contribution in [0.15, 0.2) is 73.3 Å². The van der Waals surface area contributed by atoms with Crippen molar-refractivity contribution in [2.45, 2.75) is 49.9 Å². The molecule has 9 N–H and O–H groups in total. The van der Waals surface area contributed by atoms with Gasteiger partial charge in [0.05, 0.1) is 18.8 Å². The van der Waals surface area contributed by atoms with Crippen LogP contribution >= 0.6 is 0 Å². The van der Waals surface area contributed by atoms with Gasteiger partial charge in [-0.15, -0.1) is 0 Å². The topological polar surface area (TPSA) is 232 Å². The lowest BCUT2D eigenvalue weighted by atomic mass is 10.0. The lowest BCUT2D eigenvalue weighted by molar-refractivity contribution is -0.143. The molecule has 0 saturated carbocycles. The third-order valence-corrected chi connectivity index (χ3v) is 6.97. The molecule has 14 nitrogen and oxygen atoms in total. The van der Waals surface area contributed by atoms with E-state index in [4.69, 9.17) is 5.73 Å². The summed E-state index contributed by atoms with van der Waals surface area (Å²) in [5, 5.41) is 27.3. The predicted molar refractivity (Wildman–Crippen MR) is 158 cm³/mol. The van der Waals surface area contributed by atoms with Crippen LogP contribution in [0.5, 0.6) is 0 Å². The highest BCUT2D eigenvalue weighted by Crippen LogP contribution is 2.19. The van der Waals surface area contributed by atoms with Gasteiger partial charge < -0.3 is 41.9 Å². The molecule has 0 spiro atoms. The van der Waals surface area contributed by atoms with Gasteiger partial charge in [0.25, 0.3) is 0 Å². The van der Waals surface area contributed by atoms with Gasteiger partial charge in [-0.1, -0.05) is 48.5 Å². The van der Waals surface area contributed by atoms with Gasteiger partial charge in [-0.05, 0) is 17.2 Å². The van der Waals surface area contributed by atoms with Gasteiger partial charge in [0.2, 0.25) is 17.7 Å². The Morgan fingerprint density at radius 2 is 1.43 bits per heavy atom. The van der Waals surface area contributed by atoms with Crippen molar-refractivity contribution in [2.24, 2.45) is 5.73 Å². The number of nitrogens with zero attached hydrogens (tertiary/aromatic N) is 1. The molecule has 230 valence electrons. The molecule has 4 atom stereocenters. The molecule has 2 heterocycles. The van der Waals surface area contributed by atoms with E-state index in [-0.39, 0.29) is 19.3 Å². The van der Waals surface area contributed by atoms with Gasteiger partial charge in [-0.25, -0.2) is 9.78 Å². The van der Waals surface area contributed by atoms with Gasteiger partial charge in [-0.3, -0.25) is 19.2 Å². The van der Waals surface area contributed by atoms with Crippen LogP contribution in [0.4, 0.5) is 0 Å². The summed E-state index contributed by atoms with van der Waals surface area (Å²) in [7, 11) is 0. The van der Waals surface area contributed by atoms with Crippen molar-refractivity contribution in [1.82, 2.24) is 30.9 Å². The van der Waals surface area contributed by atoms with Crippen molar-refractivity contribution < 1.29 is 34.2 Å². The van der Waals surface area contributed by atoms with E-state index in [1.54, 1.807) is 36.5 Å². The number of imidazole rings is 1. The Kier molecular flexibility index (Phi) is 10.4. The van der Waals surface area contributed by atoms with Crippen molar-refractivity contribution in [2.75, 3.05) is 0 Å². The third-order valence-electron chi connectivity index (χ3n) is 6.97. The highest BCUT2D eigenvalue weighted by Gasteiger charge is 2.32. The summed E-state index contributed by atoms with van der Waals surface area (Å²) < 4.78 is 0. The molecule has 14 heteroatoms. The van der Waals surface area contributed by atoms with Crippen LogP contribution in [0.2, 0.25) is 0 Å². The van der Waals surface area contributed by atoms with E-state index in [0.717, 1.165) is 10.9 Å². The zero-order valence-corrected chi connectivity index (χ0v) is 23.5. The van der Waals surface area contributed by atoms with E-state index in [2.05, 4.69) is 30.9 Å². The van der Waals surface area contributed by atoms with Gasteiger partial charge in [0.15, 0.2) is 0 Å². The molecule has 4 rings (SSSR count). The minimum absolute atomic E-state index is 0.0223. The monoisotopic (exact) mass is 603 g/mol. The number of hydrogen-bond acceptors (Lipinski definition) is 7.